The number of hydrogen-bond donors (Lipinski definition) is 1. The first-order chi connectivity index (χ1) is 10.1. The highest BCUT2D eigenvalue weighted by Gasteiger charge is 2.23. The van der Waals surface area contributed by atoms with Gasteiger partial charge in [-0.2, -0.15) is 5.10 Å². The van der Waals surface area contributed by atoms with Crippen LogP contribution in [-0.4, -0.2) is 39.7 Å². The first kappa shape index (κ1) is 16.5. The van der Waals surface area contributed by atoms with Gasteiger partial charge in [0.25, 0.3) is 5.91 Å². The molecular formula is C15H18ClFN4O. The molecular weight excluding hydrogens is 307 g/mol. The molecule has 2 N–H and O–H groups in total. The van der Waals surface area contributed by atoms with Gasteiger partial charge < -0.3 is 10.6 Å². The van der Waals surface area contributed by atoms with E-state index in [2.05, 4.69) is 5.10 Å². The molecule has 1 amide bonds. The predicted molar refractivity (Wildman–Crippen MR) is 83.9 cm³/mol. The van der Waals surface area contributed by atoms with Crippen LogP contribution in [0.15, 0.2) is 36.5 Å². The molecule has 3 rings (SSSR count). The molecule has 0 spiro atoms. The van der Waals surface area contributed by atoms with Gasteiger partial charge in [0.1, 0.15) is 5.82 Å². The van der Waals surface area contributed by atoms with E-state index in [-0.39, 0.29) is 30.2 Å². The third-order valence-electron chi connectivity index (χ3n) is 3.73. The molecule has 1 fully saturated rings. The van der Waals surface area contributed by atoms with Gasteiger partial charge in [-0.3, -0.25) is 4.79 Å². The maximum atomic E-state index is 12.9. The second kappa shape index (κ2) is 6.89. The Morgan fingerprint density at radius 2 is 1.82 bits per heavy atom. The van der Waals surface area contributed by atoms with Crippen molar-refractivity contribution in [3.63, 3.8) is 0 Å². The van der Waals surface area contributed by atoms with Gasteiger partial charge in [-0.1, -0.05) is 0 Å². The molecule has 1 aromatic carbocycles. The van der Waals surface area contributed by atoms with Crippen molar-refractivity contribution in [3.8, 4) is 5.69 Å². The fourth-order valence-electron chi connectivity index (χ4n) is 2.44. The molecule has 0 atom stereocenters. The normalized spacial score (nSPS) is 15.5. The lowest BCUT2D eigenvalue weighted by molar-refractivity contribution is 0.0708. The van der Waals surface area contributed by atoms with Crippen molar-refractivity contribution < 1.29 is 9.18 Å². The van der Waals surface area contributed by atoms with Crippen LogP contribution in [-0.2, 0) is 0 Å². The van der Waals surface area contributed by atoms with Crippen molar-refractivity contribution in [1.29, 1.82) is 0 Å². The van der Waals surface area contributed by atoms with E-state index in [0.29, 0.717) is 18.8 Å². The van der Waals surface area contributed by atoms with Gasteiger partial charge in [-0.25, -0.2) is 9.07 Å². The summed E-state index contributed by atoms with van der Waals surface area (Å²) in [5.74, 6) is -0.380. The Hall–Kier alpha value is -1.92. The fraction of sp³-hybridized carbons (Fsp3) is 0.333. The number of amides is 1. The van der Waals surface area contributed by atoms with Crippen LogP contribution < -0.4 is 5.73 Å². The number of benzene rings is 1. The van der Waals surface area contributed by atoms with E-state index in [1.54, 1.807) is 34.0 Å². The summed E-state index contributed by atoms with van der Waals surface area (Å²) in [4.78, 5) is 14.1. The van der Waals surface area contributed by atoms with Crippen LogP contribution >= 0.6 is 12.4 Å². The molecule has 0 radical (unpaired) electrons. The van der Waals surface area contributed by atoms with Crippen LogP contribution in [0.25, 0.3) is 5.69 Å². The summed E-state index contributed by atoms with van der Waals surface area (Å²) >= 11 is 0. The summed E-state index contributed by atoms with van der Waals surface area (Å²) in [6.45, 7) is 1.34. The van der Waals surface area contributed by atoms with Crippen LogP contribution in [0, 0.1) is 5.82 Å². The number of likely N-dealkylation sites (tertiary alicyclic amines) is 1. The topological polar surface area (TPSA) is 64.2 Å². The minimum atomic E-state index is -0.299. The lowest BCUT2D eigenvalue weighted by Gasteiger charge is -2.29. The number of rotatable bonds is 2. The molecule has 1 aliphatic heterocycles. The quantitative estimate of drug-likeness (QED) is 0.919. The number of aromatic nitrogens is 2. The second-order valence-corrected chi connectivity index (χ2v) is 5.25. The molecule has 0 saturated carbocycles. The van der Waals surface area contributed by atoms with Crippen LogP contribution in [0.2, 0.25) is 0 Å². The van der Waals surface area contributed by atoms with Crippen LogP contribution in [0.1, 0.15) is 23.3 Å². The molecule has 5 nitrogen and oxygen atoms in total. The minimum Gasteiger partial charge on any atom is -0.337 e. The average Bonchev–Trinajstić information content (AvgIpc) is 2.98. The summed E-state index contributed by atoms with van der Waals surface area (Å²) < 4.78 is 14.5. The number of nitrogens with two attached hydrogens (primary N) is 1. The highest BCUT2D eigenvalue weighted by molar-refractivity contribution is 5.92. The van der Waals surface area contributed by atoms with Crippen molar-refractivity contribution in [2.24, 2.45) is 5.73 Å². The number of nitrogens with zero attached hydrogens (tertiary/aromatic N) is 3. The first-order valence-corrected chi connectivity index (χ1v) is 7.00. The van der Waals surface area contributed by atoms with Gasteiger partial charge in [0.05, 0.1) is 5.69 Å². The third-order valence-corrected chi connectivity index (χ3v) is 3.73. The van der Waals surface area contributed by atoms with Crippen molar-refractivity contribution in [1.82, 2.24) is 14.7 Å². The molecule has 1 saturated heterocycles. The Morgan fingerprint density at radius 1 is 1.18 bits per heavy atom. The van der Waals surface area contributed by atoms with Crippen molar-refractivity contribution in [2.45, 2.75) is 18.9 Å². The standard InChI is InChI=1S/C15H17FN4O.ClH/c16-11-1-3-13(4-2-11)20-10-7-14(18-20)15(21)19-8-5-12(17)6-9-19;/h1-4,7,10,12H,5-6,8-9,17H2;1H. The molecule has 22 heavy (non-hydrogen) atoms. The number of carbonyl (C=O) groups excluding carboxylic acids is 1. The lowest BCUT2D eigenvalue weighted by Crippen LogP contribution is -2.43. The van der Waals surface area contributed by atoms with Gasteiger partial charge in [0.2, 0.25) is 0 Å². The number of piperidine rings is 1. The van der Waals surface area contributed by atoms with Crippen molar-refractivity contribution in [3.05, 3.63) is 48.0 Å². The molecule has 2 heterocycles. The van der Waals surface area contributed by atoms with E-state index >= 15 is 0 Å². The van der Waals surface area contributed by atoms with Gasteiger partial charge in [0, 0.05) is 25.3 Å². The zero-order valence-corrected chi connectivity index (χ0v) is 12.8. The summed E-state index contributed by atoms with van der Waals surface area (Å²) in [6.07, 6.45) is 3.35. The van der Waals surface area contributed by atoms with E-state index in [4.69, 9.17) is 5.73 Å². The third kappa shape index (κ3) is 3.45. The van der Waals surface area contributed by atoms with Crippen LogP contribution in [0.4, 0.5) is 4.39 Å². The molecule has 118 valence electrons. The SMILES string of the molecule is Cl.NC1CCN(C(=O)c2ccn(-c3ccc(F)cc3)n2)CC1. The maximum absolute atomic E-state index is 12.9. The van der Waals surface area contributed by atoms with E-state index in [9.17, 15) is 9.18 Å². The van der Waals surface area contributed by atoms with Gasteiger partial charge in [0.15, 0.2) is 5.69 Å². The fourth-order valence-corrected chi connectivity index (χ4v) is 2.44. The monoisotopic (exact) mass is 324 g/mol. The molecule has 2 aromatic rings. The zero-order chi connectivity index (χ0) is 14.8. The van der Waals surface area contributed by atoms with E-state index in [0.717, 1.165) is 18.5 Å². The maximum Gasteiger partial charge on any atom is 0.274 e. The summed E-state index contributed by atoms with van der Waals surface area (Å²) in [7, 11) is 0. The smallest absolute Gasteiger partial charge is 0.274 e. The average molecular weight is 325 g/mol. The summed E-state index contributed by atoms with van der Waals surface area (Å²) in [5, 5.41) is 4.28. The Balaban J connectivity index is 0.00000176. The molecule has 1 aliphatic rings. The van der Waals surface area contributed by atoms with Crippen LogP contribution in [0.3, 0.4) is 0 Å². The van der Waals surface area contributed by atoms with Crippen LogP contribution in [0.5, 0.6) is 0 Å². The lowest BCUT2D eigenvalue weighted by atomic mass is 10.1. The first-order valence-electron chi connectivity index (χ1n) is 7.00. The molecule has 0 unspecified atom stereocenters. The van der Waals surface area contributed by atoms with Gasteiger partial charge >= 0.3 is 0 Å². The van der Waals surface area contributed by atoms with Crippen molar-refractivity contribution in [2.75, 3.05) is 13.1 Å². The predicted octanol–water partition coefficient (Wildman–Crippen LogP) is 2.00. The Bertz CT molecular complexity index is 635. The summed E-state index contributed by atoms with van der Waals surface area (Å²) in [5.41, 5.74) is 6.96. The van der Waals surface area contributed by atoms with Crippen molar-refractivity contribution >= 4 is 18.3 Å². The Labute approximate surface area is 134 Å². The van der Waals surface area contributed by atoms with E-state index < -0.39 is 0 Å². The van der Waals surface area contributed by atoms with Gasteiger partial charge in [-0.15, -0.1) is 12.4 Å². The minimum absolute atomic E-state index is 0. The summed E-state index contributed by atoms with van der Waals surface area (Å²) in [6, 6.07) is 7.84. The number of halogens is 2. The molecule has 0 aliphatic carbocycles. The number of carbonyl (C=O) groups is 1. The molecule has 7 heteroatoms. The van der Waals surface area contributed by atoms with Gasteiger partial charge in [-0.05, 0) is 43.2 Å². The Morgan fingerprint density at radius 3 is 2.45 bits per heavy atom. The molecule has 0 bridgehead atoms. The molecule has 1 aromatic heterocycles. The zero-order valence-electron chi connectivity index (χ0n) is 12.0. The van der Waals surface area contributed by atoms with E-state index in [1.807, 2.05) is 0 Å². The van der Waals surface area contributed by atoms with E-state index in [1.165, 1.54) is 12.1 Å². The largest absolute Gasteiger partial charge is 0.337 e. The Kier molecular flexibility index (Phi) is 5.15. The number of hydrogen-bond acceptors (Lipinski definition) is 3. The highest BCUT2D eigenvalue weighted by atomic mass is 35.5. The second-order valence-electron chi connectivity index (χ2n) is 5.25. The highest BCUT2D eigenvalue weighted by Crippen LogP contribution is 2.13.